The summed E-state index contributed by atoms with van der Waals surface area (Å²) in [5.41, 5.74) is 1.10. The van der Waals surface area contributed by atoms with Gasteiger partial charge in [0, 0.05) is 37.9 Å². The van der Waals surface area contributed by atoms with Gasteiger partial charge in [-0.2, -0.15) is 0 Å². The molecule has 0 aromatic carbocycles. The molecule has 0 spiro atoms. The van der Waals surface area contributed by atoms with Crippen molar-refractivity contribution >= 4 is 0 Å². The zero-order valence-electron chi connectivity index (χ0n) is 10.6. The average molecular weight is 235 g/mol. The van der Waals surface area contributed by atoms with Crippen molar-refractivity contribution in [1.82, 2.24) is 14.8 Å². The van der Waals surface area contributed by atoms with E-state index in [1.807, 2.05) is 18.3 Å². The minimum Gasteiger partial charge on any atom is -0.395 e. The smallest absolute Gasteiger partial charge is 0.0599 e. The summed E-state index contributed by atoms with van der Waals surface area (Å²) in [5, 5.41) is 9.35. The molecule has 0 radical (unpaired) electrons. The van der Waals surface area contributed by atoms with Gasteiger partial charge in [-0.05, 0) is 26.1 Å². The van der Waals surface area contributed by atoms with E-state index < -0.39 is 0 Å². The Labute approximate surface area is 103 Å². The lowest BCUT2D eigenvalue weighted by molar-refractivity contribution is 0.0201. The zero-order valence-corrected chi connectivity index (χ0v) is 10.6. The maximum Gasteiger partial charge on any atom is 0.0599 e. The third kappa shape index (κ3) is 3.03. The van der Waals surface area contributed by atoms with Crippen molar-refractivity contribution in [2.75, 3.05) is 26.7 Å². The largest absolute Gasteiger partial charge is 0.395 e. The highest BCUT2D eigenvalue weighted by Gasteiger charge is 2.28. The molecule has 94 valence electrons. The van der Waals surface area contributed by atoms with Crippen LogP contribution >= 0.6 is 0 Å². The molecule has 2 heterocycles. The molecule has 2 atom stereocenters. The van der Waals surface area contributed by atoms with Crippen LogP contribution in [0.3, 0.4) is 0 Å². The van der Waals surface area contributed by atoms with Crippen LogP contribution in [0.2, 0.25) is 0 Å². The molecule has 1 aliphatic rings. The van der Waals surface area contributed by atoms with Crippen LogP contribution in [0.4, 0.5) is 0 Å². The van der Waals surface area contributed by atoms with Gasteiger partial charge in [0.1, 0.15) is 0 Å². The summed E-state index contributed by atoms with van der Waals surface area (Å²) in [6, 6.07) is 6.76. The van der Waals surface area contributed by atoms with Crippen molar-refractivity contribution in [2.45, 2.75) is 25.6 Å². The third-order valence-electron chi connectivity index (χ3n) is 3.55. The van der Waals surface area contributed by atoms with Crippen molar-refractivity contribution in [1.29, 1.82) is 0 Å². The number of piperazine rings is 1. The lowest BCUT2D eigenvalue weighted by Gasteiger charge is -2.43. The van der Waals surface area contributed by atoms with Gasteiger partial charge in [0.25, 0.3) is 0 Å². The predicted octanol–water partition coefficient (Wildman–Crippen LogP) is 0.578. The quantitative estimate of drug-likeness (QED) is 0.832. The van der Waals surface area contributed by atoms with E-state index in [9.17, 15) is 5.11 Å². The monoisotopic (exact) mass is 235 g/mol. The topological polar surface area (TPSA) is 39.6 Å². The maximum absolute atomic E-state index is 9.35. The summed E-state index contributed by atoms with van der Waals surface area (Å²) in [6.45, 7) is 5.23. The first-order chi connectivity index (χ1) is 8.20. The second kappa shape index (κ2) is 5.58. The molecule has 0 aliphatic carbocycles. The fraction of sp³-hybridized carbons (Fsp3) is 0.615. The van der Waals surface area contributed by atoms with Gasteiger partial charge in [0.05, 0.1) is 12.3 Å². The number of nitrogens with zero attached hydrogens (tertiary/aromatic N) is 3. The minimum atomic E-state index is 0.224. The van der Waals surface area contributed by atoms with Gasteiger partial charge in [-0.3, -0.25) is 14.8 Å². The Morgan fingerprint density at radius 2 is 2.24 bits per heavy atom. The van der Waals surface area contributed by atoms with Crippen LogP contribution in [0.5, 0.6) is 0 Å². The molecule has 4 nitrogen and oxygen atoms in total. The predicted molar refractivity (Wildman–Crippen MR) is 67.6 cm³/mol. The Bertz CT molecular complexity index is 344. The highest BCUT2D eigenvalue weighted by atomic mass is 16.3. The van der Waals surface area contributed by atoms with E-state index in [0.717, 1.165) is 25.3 Å². The van der Waals surface area contributed by atoms with Gasteiger partial charge in [0.15, 0.2) is 0 Å². The molecule has 1 N–H and O–H groups in total. The lowest BCUT2D eigenvalue weighted by Crippen LogP contribution is -2.56. The Morgan fingerprint density at radius 3 is 2.88 bits per heavy atom. The van der Waals surface area contributed by atoms with Gasteiger partial charge in [-0.25, -0.2) is 0 Å². The maximum atomic E-state index is 9.35. The van der Waals surface area contributed by atoms with Crippen molar-refractivity contribution in [3.05, 3.63) is 30.1 Å². The van der Waals surface area contributed by atoms with Crippen LogP contribution in [0, 0.1) is 0 Å². The van der Waals surface area contributed by atoms with E-state index in [2.05, 4.69) is 34.8 Å². The van der Waals surface area contributed by atoms with Crippen LogP contribution in [-0.2, 0) is 6.54 Å². The molecular formula is C13H21N3O. The van der Waals surface area contributed by atoms with Gasteiger partial charge in [-0.15, -0.1) is 0 Å². The molecule has 1 aliphatic heterocycles. The molecule has 0 bridgehead atoms. The van der Waals surface area contributed by atoms with Gasteiger partial charge < -0.3 is 5.11 Å². The second-order valence-corrected chi connectivity index (χ2v) is 4.88. The van der Waals surface area contributed by atoms with E-state index in [0.29, 0.717) is 6.04 Å². The number of likely N-dealkylation sites (N-methyl/N-ethyl adjacent to an activating group) is 1. The highest BCUT2D eigenvalue weighted by Crippen LogP contribution is 2.15. The van der Waals surface area contributed by atoms with E-state index in [-0.39, 0.29) is 12.6 Å². The number of hydrogen-bond acceptors (Lipinski definition) is 4. The SMILES string of the molecule is CC1CN(C)C(CO)CN1Cc1ccccn1. The van der Waals surface area contributed by atoms with Gasteiger partial charge >= 0.3 is 0 Å². The molecule has 0 amide bonds. The van der Waals surface area contributed by atoms with Crippen LogP contribution in [0.15, 0.2) is 24.4 Å². The number of rotatable bonds is 3. The van der Waals surface area contributed by atoms with Gasteiger partial charge in [0.2, 0.25) is 0 Å². The van der Waals surface area contributed by atoms with E-state index in [4.69, 9.17) is 0 Å². The number of hydrogen-bond donors (Lipinski definition) is 1. The van der Waals surface area contributed by atoms with Crippen molar-refractivity contribution < 1.29 is 5.11 Å². The zero-order chi connectivity index (χ0) is 12.3. The average Bonchev–Trinajstić information content (AvgIpc) is 2.34. The normalized spacial score (nSPS) is 27.2. The molecular weight excluding hydrogens is 214 g/mol. The first-order valence-corrected chi connectivity index (χ1v) is 6.15. The van der Waals surface area contributed by atoms with Crippen molar-refractivity contribution in [3.63, 3.8) is 0 Å². The van der Waals surface area contributed by atoms with Crippen molar-refractivity contribution in [3.8, 4) is 0 Å². The summed E-state index contributed by atoms with van der Waals surface area (Å²) >= 11 is 0. The van der Waals surface area contributed by atoms with E-state index >= 15 is 0 Å². The lowest BCUT2D eigenvalue weighted by atomic mass is 10.1. The number of aromatic nitrogens is 1. The summed E-state index contributed by atoms with van der Waals surface area (Å²) in [5.74, 6) is 0. The number of pyridine rings is 1. The third-order valence-corrected chi connectivity index (χ3v) is 3.55. The number of aliphatic hydroxyl groups excluding tert-OH is 1. The van der Waals surface area contributed by atoms with E-state index in [1.54, 1.807) is 0 Å². The molecule has 2 rings (SSSR count). The summed E-state index contributed by atoms with van der Waals surface area (Å²) in [6.07, 6.45) is 1.83. The van der Waals surface area contributed by atoms with Crippen LogP contribution < -0.4 is 0 Å². The molecule has 0 saturated carbocycles. The van der Waals surface area contributed by atoms with Crippen molar-refractivity contribution in [2.24, 2.45) is 0 Å². The molecule has 4 heteroatoms. The molecule has 1 fully saturated rings. The highest BCUT2D eigenvalue weighted by molar-refractivity contribution is 5.04. The van der Waals surface area contributed by atoms with Crippen LogP contribution in [0.1, 0.15) is 12.6 Å². The molecule has 2 unspecified atom stereocenters. The fourth-order valence-electron chi connectivity index (χ4n) is 2.39. The summed E-state index contributed by atoms with van der Waals surface area (Å²) < 4.78 is 0. The minimum absolute atomic E-state index is 0.224. The summed E-state index contributed by atoms with van der Waals surface area (Å²) in [7, 11) is 2.08. The molecule has 1 aromatic heterocycles. The number of aliphatic hydroxyl groups is 1. The van der Waals surface area contributed by atoms with E-state index in [1.165, 1.54) is 0 Å². The second-order valence-electron chi connectivity index (χ2n) is 4.88. The fourth-order valence-corrected chi connectivity index (χ4v) is 2.39. The Balaban J connectivity index is 2.00. The Hall–Kier alpha value is -0.970. The summed E-state index contributed by atoms with van der Waals surface area (Å²) in [4.78, 5) is 8.99. The van der Waals surface area contributed by atoms with Crippen LogP contribution in [0.25, 0.3) is 0 Å². The Morgan fingerprint density at radius 1 is 1.41 bits per heavy atom. The van der Waals surface area contributed by atoms with Gasteiger partial charge in [-0.1, -0.05) is 6.07 Å². The Kier molecular flexibility index (Phi) is 4.10. The molecule has 1 aromatic rings. The standard InChI is InChI=1S/C13H21N3O/c1-11-7-15(2)13(10-17)9-16(11)8-12-5-3-4-6-14-12/h3-6,11,13,17H,7-10H2,1-2H3. The first kappa shape index (κ1) is 12.5. The molecule has 1 saturated heterocycles. The first-order valence-electron chi connectivity index (χ1n) is 6.15. The molecule has 17 heavy (non-hydrogen) atoms. The van der Waals surface area contributed by atoms with Crippen LogP contribution in [-0.4, -0.2) is 58.7 Å².